The molecule has 31 heavy (non-hydrogen) atoms. The molecule has 0 saturated heterocycles. The Morgan fingerprint density at radius 1 is 1.26 bits per heavy atom. The van der Waals surface area contributed by atoms with E-state index in [1.54, 1.807) is 14.0 Å². The van der Waals surface area contributed by atoms with Gasteiger partial charge in [0.2, 0.25) is 10.0 Å². The number of nitrogens with zero attached hydrogens (tertiary/aromatic N) is 2. The molecule has 1 atom stereocenters. The van der Waals surface area contributed by atoms with Gasteiger partial charge in [0.1, 0.15) is 11.4 Å². The van der Waals surface area contributed by atoms with Crippen molar-refractivity contribution in [1.82, 2.24) is 14.9 Å². The first-order valence-corrected chi connectivity index (χ1v) is 12.8. The Labute approximate surface area is 204 Å². The van der Waals surface area contributed by atoms with Crippen molar-refractivity contribution in [3.63, 3.8) is 0 Å². The van der Waals surface area contributed by atoms with Crippen molar-refractivity contribution in [3.8, 4) is 5.75 Å². The Balaban J connectivity index is 0.00000341. The molecule has 1 saturated carbocycles. The molecule has 2 N–H and O–H groups in total. The third-order valence-electron chi connectivity index (χ3n) is 6.11. The fraction of sp³-hybridized carbons (Fsp3) is 0.682. The zero-order valence-corrected chi connectivity index (χ0v) is 22.0. The summed E-state index contributed by atoms with van der Waals surface area (Å²) < 4.78 is 31.6. The molecule has 1 fully saturated rings. The lowest BCUT2D eigenvalue weighted by Crippen LogP contribution is -2.46. The molecule has 1 unspecified atom stereocenters. The van der Waals surface area contributed by atoms with Crippen molar-refractivity contribution in [1.29, 1.82) is 0 Å². The lowest BCUT2D eigenvalue weighted by molar-refractivity contribution is 0.0396. The molecule has 176 valence electrons. The molecule has 0 bridgehead atoms. The number of benzene rings is 1. The molecule has 9 heteroatoms. The maximum atomic E-state index is 11.9. The van der Waals surface area contributed by atoms with Crippen LogP contribution < -0.4 is 15.4 Å². The number of sulfonamides is 1. The average Bonchev–Trinajstić information content (AvgIpc) is 3.18. The normalized spacial score (nSPS) is 20.1. The first kappa shape index (κ1) is 26.2. The van der Waals surface area contributed by atoms with E-state index in [9.17, 15) is 8.42 Å². The van der Waals surface area contributed by atoms with Crippen LogP contribution >= 0.6 is 24.0 Å². The smallest absolute Gasteiger partial charge is 0.213 e. The molecule has 1 aliphatic carbocycles. The minimum Gasteiger partial charge on any atom is -0.487 e. The molecule has 3 rings (SSSR count). The standard InChI is InChI=1S/C22H36N4O3S.HI/c1-4-23-21(24-15-10-16-26(3)30(27,28)5-2)25-19-17-22(13-8-9-14-22)29-20-12-7-6-11-18(19)20;/h6-7,11-12,19H,4-5,8-10,13-17H2,1-3H3,(H2,23,24,25);1H. The van der Waals surface area contributed by atoms with E-state index < -0.39 is 10.0 Å². The van der Waals surface area contributed by atoms with Gasteiger partial charge in [-0.2, -0.15) is 0 Å². The molecule has 1 aliphatic heterocycles. The van der Waals surface area contributed by atoms with E-state index in [4.69, 9.17) is 9.73 Å². The molecule has 0 aromatic heterocycles. The topological polar surface area (TPSA) is 83.0 Å². The van der Waals surface area contributed by atoms with Crippen LogP contribution in [0.5, 0.6) is 5.75 Å². The number of ether oxygens (including phenoxy) is 1. The van der Waals surface area contributed by atoms with E-state index in [0.717, 1.165) is 37.5 Å². The molecule has 2 aliphatic rings. The average molecular weight is 565 g/mol. The maximum absolute atomic E-state index is 11.9. The van der Waals surface area contributed by atoms with Crippen LogP contribution in [0.3, 0.4) is 0 Å². The second-order valence-corrected chi connectivity index (χ2v) is 10.6. The van der Waals surface area contributed by atoms with Crippen LogP contribution in [-0.2, 0) is 10.0 Å². The van der Waals surface area contributed by atoms with Crippen molar-refractivity contribution in [2.24, 2.45) is 4.99 Å². The van der Waals surface area contributed by atoms with Gasteiger partial charge in [-0.1, -0.05) is 18.2 Å². The highest BCUT2D eigenvalue weighted by molar-refractivity contribution is 14.0. The number of hydrogen-bond donors (Lipinski definition) is 2. The Hall–Kier alpha value is -1.07. The SMILES string of the molecule is CCNC(=NCCCN(C)S(=O)(=O)CC)NC1CC2(CCCC2)Oc2ccccc21.I. The van der Waals surface area contributed by atoms with Gasteiger partial charge in [0, 0.05) is 38.7 Å². The molecular weight excluding hydrogens is 527 g/mol. The van der Waals surface area contributed by atoms with Crippen LogP contribution in [0.25, 0.3) is 0 Å². The van der Waals surface area contributed by atoms with Gasteiger partial charge in [0.25, 0.3) is 0 Å². The third-order valence-corrected chi connectivity index (χ3v) is 7.97. The number of fused-ring (bicyclic) bond motifs is 1. The summed E-state index contributed by atoms with van der Waals surface area (Å²) in [6, 6.07) is 8.43. The number of para-hydroxylation sites is 1. The van der Waals surface area contributed by atoms with E-state index in [2.05, 4.69) is 35.8 Å². The number of nitrogens with one attached hydrogen (secondary N) is 2. The van der Waals surface area contributed by atoms with Crippen molar-refractivity contribution in [3.05, 3.63) is 29.8 Å². The summed E-state index contributed by atoms with van der Waals surface area (Å²) in [6.07, 6.45) is 6.26. The quantitative estimate of drug-likeness (QED) is 0.218. The van der Waals surface area contributed by atoms with Crippen LogP contribution in [0.4, 0.5) is 0 Å². The van der Waals surface area contributed by atoms with Crippen LogP contribution in [0.2, 0.25) is 0 Å². The van der Waals surface area contributed by atoms with Gasteiger partial charge in [0.05, 0.1) is 11.8 Å². The fourth-order valence-electron chi connectivity index (χ4n) is 4.40. The highest BCUT2D eigenvalue weighted by Gasteiger charge is 2.43. The van der Waals surface area contributed by atoms with E-state index >= 15 is 0 Å². The summed E-state index contributed by atoms with van der Waals surface area (Å²) in [6.45, 7) is 5.53. The van der Waals surface area contributed by atoms with E-state index in [-0.39, 0.29) is 41.4 Å². The molecule has 1 spiro atoms. The van der Waals surface area contributed by atoms with Crippen molar-refractivity contribution in [2.75, 3.05) is 32.4 Å². The van der Waals surface area contributed by atoms with E-state index in [1.165, 1.54) is 22.7 Å². The van der Waals surface area contributed by atoms with Crippen molar-refractivity contribution >= 4 is 40.0 Å². The van der Waals surface area contributed by atoms with Gasteiger partial charge in [-0.3, -0.25) is 4.99 Å². The largest absolute Gasteiger partial charge is 0.487 e. The lowest BCUT2D eigenvalue weighted by atomic mass is 9.86. The molecule has 7 nitrogen and oxygen atoms in total. The number of rotatable bonds is 8. The first-order chi connectivity index (χ1) is 14.4. The molecular formula is C22H37IN4O3S. The zero-order valence-electron chi connectivity index (χ0n) is 18.9. The second kappa shape index (κ2) is 11.7. The molecule has 1 aromatic rings. The maximum Gasteiger partial charge on any atom is 0.213 e. The highest BCUT2D eigenvalue weighted by Crippen LogP contribution is 2.46. The highest BCUT2D eigenvalue weighted by atomic mass is 127. The van der Waals surface area contributed by atoms with Gasteiger partial charge >= 0.3 is 0 Å². The van der Waals surface area contributed by atoms with Gasteiger partial charge in [-0.25, -0.2) is 12.7 Å². The second-order valence-electron chi connectivity index (χ2n) is 8.27. The van der Waals surface area contributed by atoms with Crippen LogP contribution in [0.15, 0.2) is 29.3 Å². The minimum atomic E-state index is -3.14. The summed E-state index contributed by atoms with van der Waals surface area (Å²) in [5, 5.41) is 6.96. The summed E-state index contributed by atoms with van der Waals surface area (Å²) in [5.74, 6) is 1.88. The van der Waals surface area contributed by atoms with Gasteiger partial charge in [0.15, 0.2) is 5.96 Å². The number of guanidine groups is 1. The Bertz CT molecular complexity index is 841. The van der Waals surface area contributed by atoms with E-state index in [1.807, 2.05) is 6.07 Å². The Morgan fingerprint density at radius 2 is 1.97 bits per heavy atom. The van der Waals surface area contributed by atoms with Crippen LogP contribution in [-0.4, -0.2) is 56.7 Å². The fourth-order valence-corrected chi connectivity index (χ4v) is 5.25. The molecule has 1 heterocycles. The molecule has 0 amide bonds. The monoisotopic (exact) mass is 564 g/mol. The number of hydrogen-bond acceptors (Lipinski definition) is 4. The Kier molecular flexibility index (Phi) is 9.88. The van der Waals surface area contributed by atoms with Crippen LogP contribution in [0, 0.1) is 0 Å². The van der Waals surface area contributed by atoms with Crippen molar-refractivity contribution < 1.29 is 13.2 Å². The van der Waals surface area contributed by atoms with Crippen molar-refractivity contribution in [2.45, 2.75) is 64.0 Å². The van der Waals surface area contributed by atoms with Crippen LogP contribution in [0.1, 0.15) is 64.0 Å². The predicted molar refractivity (Wildman–Crippen MR) is 137 cm³/mol. The molecule has 1 aromatic carbocycles. The first-order valence-electron chi connectivity index (χ1n) is 11.2. The third kappa shape index (κ3) is 6.71. The number of aliphatic imine (C=N–C) groups is 1. The predicted octanol–water partition coefficient (Wildman–Crippen LogP) is 3.67. The van der Waals surface area contributed by atoms with Gasteiger partial charge in [-0.15, -0.1) is 24.0 Å². The summed E-state index contributed by atoms with van der Waals surface area (Å²) in [7, 11) is -1.51. The van der Waals surface area contributed by atoms with E-state index in [0.29, 0.717) is 19.5 Å². The molecule has 0 radical (unpaired) electrons. The summed E-state index contributed by atoms with van der Waals surface area (Å²) >= 11 is 0. The zero-order chi connectivity index (χ0) is 21.6. The minimum absolute atomic E-state index is 0. The lowest BCUT2D eigenvalue weighted by Gasteiger charge is -2.40. The number of halogens is 1. The summed E-state index contributed by atoms with van der Waals surface area (Å²) in [4.78, 5) is 4.71. The van der Waals surface area contributed by atoms with Gasteiger partial charge < -0.3 is 15.4 Å². The Morgan fingerprint density at radius 3 is 2.65 bits per heavy atom. The summed E-state index contributed by atoms with van der Waals surface area (Å²) in [5.41, 5.74) is 1.11. The van der Waals surface area contributed by atoms with Gasteiger partial charge in [-0.05, 0) is 52.0 Å².